The summed E-state index contributed by atoms with van der Waals surface area (Å²) in [5.41, 5.74) is 1.13. The Labute approximate surface area is 182 Å². The fourth-order valence-electron chi connectivity index (χ4n) is 3.02. The van der Waals surface area contributed by atoms with Gasteiger partial charge in [0.25, 0.3) is 23.2 Å². The molecule has 32 heavy (non-hydrogen) atoms. The van der Waals surface area contributed by atoms with E-state index < -0.39 is 27.1 Å². The zero-order chi connectivity index (χ0) is 23.4. The molecule has 0 saturated carbocycles. The van der Waals surface area contributed by atoms with Crippen molar-refractivity contribution in [2.24, 2.45) is 0 Å². The third kappa shape index (κ3) is 4.93. The fraction of sp³-hybridized carbons (Fsp3) is 0.0909. The van der Waals surface area contributed by atoms with Crippen molar-refractivity contribution in [3.63, 3.8) is 0 Å². The maximum atomic E-state index is 12.8. The lowest BCUT2D eigenvalue weighted by Crippen LogP contribution is -2.18. The zero-order valence-electron chi connectivity index (χ0n) is 17.1. The van der Waals surface area contributed by atoms with Crippen LogP contribution in [0, 0.1) is 34.1 Å². The molecule has 0 saturated heterocycles. The molecule has 162 valence electrons. The molecular weight excluding hydrogens is 416 g/mol. The van der Waals surface area contributed by atoms with Gasteiger partial charge in [0.05, 0.1) is 32.9 Å². The molecule has 0 fully saturated rings. The smallest absolute Gasteiger partial charge is 0.277 e. The number of benzene rings is 3. The highest BCUT2D eigenvalue weighted by Gasteiger charge is 2.21. The van der Waals surface area contributed by atoms with E-state index >= 15 is 0 Å². The molecule has 0 aromatic heterocycles. The molecule has 0 spiro atoms. The van der Waals surface area contributed by atoms with E-state index in [4.69, 9.17) is 0 Å². The van der Waals surface area contributed by atoms with Crippen LogP contribution in [0.2, 0.25) is 0 Å². The lowest BCUT2D eigenvalue weighted by Gasteiger charge is -2.14. The van der Waals surface area contributed by atoms with Gasteiger partial charge in [-0.1, -0.05) is 24.3 Å². The molecule has 0 aliphatic heterocycles. The molecular formula is C22H18N4O6. The van der Waals surface area contributed by atoms with E-state index in [-0.39, 0.29) is 17.2 Å². The van der Waals surface area contributed by atoms with Crippen molar-refractivity contribution in [2.75, 3.05) is 10.6 Å². The molecule has 0 radical (unpaired) electrons. The van der Waals surface area contributed by atoms with E-state index in [1.807, 2.05) is 6.07 Å². The van der Waals surface area contributed by atoms with Crippen molar-refractivity contribution >= 4 is 34.6 Å². The molecule has 0 heterocycles. The number of hydrogen-bond acceptors (Lipinski definition) is 6. The van der Waals surface area contributed by atoms with Crippen LogP contribution in [-0.4, -0.2) is 21.7 Å². The van der Waals surface area contributed by atoms with Gasteiger partial charge in [-0.3, -0.25) is 29.8 Å². The maximum Gasteiger partial charge on any atom is 0.277 e. The van der Waals surface area contributed by atoms with Gasteiger partial charge in [-0.25, -0.2) is 0 Å². The molecule has 10 heteroatoms. The first-order valence-corrected chi connectivity index (χ1v) is 9.38. The molecule has 2 amide bonds. The number of hydrogen-bond donors (Lipinski definition) is 2. The Balaban J connectivity index is 1.93. The molecule has 3 rings (SSSR count). The van der Waals surface area contributed by atoms with Crippen LogP contribution >= 0.6 is 0 Å². The highest BCUT2D eigenvalue weighted by Crippen LogP contribution is 2.27. The van der Waals surface area contributed by atoms with E-state index in [0.717, 1.165) is 29.3 Å². The van der Waals surface area contributed by atoms with Crippen molar-refractivity contribution in [3.8, 4) is 0 Å². The molecule has 0 aliphatic carbocycles. The Morgan fingerprint density at radius 2 is 1.34 bits per heavy atom. The van der Waals surface area contributed by atoms with Gasteiger partial charge in [-0.05, 0) is 43.2 Å². The minimum Gasteiger partial charge on any atom is -0.320 e. The summed E-state index contributed by atoms with van der Waals surface area (Å²) in [5.74, 6) is -1.18. The van der Waals surface area contributed by atoms with Crippen molar-refractivity contribution in [1.82, 2.24) is 0 Å². The van der Waals surface area contributed by atoms with E-state index in [0.29, 0.717) is 11.3 Å². The number of carbonyl (C=O) groups is 2. The number of anilines is 2. The van der Waals surface area contributed by atoms with Crippen LogP contribution in [-0.2, 0) is 0 Å². The second-order valence-electron chi connectivity index (χ2n) is 7.02. The van der Waals surface area contributed by atoms with Gasteiger partial charge in [0, 0.05) is 17.7 Å². The molecule has 0 aliphatic rings. The molecule has 0 atom stereocenters. The SMILES string of the molecule is Cc1ccc(NC(=O)c2ccccc2C)c(NC(=O)c2cc([N+](=O)[O-])cc([N+](=O)[O-])c2)c1. The lowest BCUT2D eigenvalue weighted by atomic mass is 10.1. The lowest BCUT2D eigenvalue weighted by molar-refractivity contribution is -0.394. The van der Waals surface area contributed by atoms with Crippen molar-refractivity contribution in [2.45, 2.75) is 13.8 Å². The Morgan fingerprint density at radius 3 is 1.94 bits per heavy atom. The van der Waals surface area contributed by atoms with Gasteiger partial charge in [0.2, 0.25) is 0 Å². The minimum atomic E-state index is -0.815. The van der Waals surface area contributed by atoms with Crippen LogP contribution in [0.3, 0.4) is 0 Å². The molecule has 0 bridgehead atoms. The monoisotopic (exact) mass is 434 g/mol. The van der Waals surface area contributed by atoms with E-state index in [1.54, 1.807) is 50.2 Å². The summed E-state index contributed by atoms with van der Waals surface area (Å²) in [6.45, 7) is 3.57. The largest absolute Gasteiger partial charge is 0.320 e. The quantitative estimate of drug-likeness (QED) is 0.428. The fourth-order valence-corrected chi connectivity index (χ4v) is 3.02. The van der Waals surface area contributed by atoms with E-state index in [9.17, 15) is 29.8 Å². The average molecular weight is 434 g/mol. The Bertz CT molecular complexity index is 1220. The second-order valence-corrected chi connectivity index (χ2v) is 7.02. The summed E-state index contributed by atoms with van der Waals surface area (Å²) < 4.78 is 0. The van der Waals surface area contributed by atoms with Gasteiger partial charge in [-0.2, -0.15) is 0 Å². The number of non-ortho nitro benzene ring substituents is 2. The summed E-state index contributed by atoms with van der Waals surface area (Å²) in [7, 11) is 0. The number of aryl methyl sites for hydroxylation is 2. The first-order chi connectivity index (χ1) is 15.2. The van der Waals surface area contributed by atoms with Crippen LogP contribution in [0.15, 0.2) is 60.7 Å². The van der Waals surface area contributed by atoms with Gasteiger partial charge < -0.3 is 10.6 Å². The Morgan fingerprint density at radius 1 is 0.750 bits per heavy atom. The predicted octanol–water partition coefficient (Wildman–Crippen LogP) is 4.62. The van der Waals surface area contributed by atoms with Crippen LogP contribution in [0.25, 0.3) is 0 Å². The van der Waals surface area contributed by atoms with Crippen LogP contribution < -0.4 is 10.6 Å². The van der Waals surface area contributed by atoms with Gasteiger partial charge >= 0.3 is 0 Å². The molecule has 3 aromatic rings. The number of nitro groups is 2. The van der Waals surface area contributed by atoms with Gasteiger partial charge in [0.1, 0.15) is 0 Å². The molecule has 0 unspecified atom stereocenters. The summed E-state index contributed by atoms with van der Waals surface area (Å²) in [5, 5.41) is 27.5. The van der Waals surface area contributed by atoms with Crippen LogP contribution in [0.5, 0.6) is 0 Å². The second kappa shape index (κ2) is 9.04. The maximum absolute atomic E-state index is 12.8. The van der Waals surface area contributed by atoms with Crippen LogP contribution in [0.4, 0.5) is 22.7 Å². The summed E-state index contributed by atoms with van der Waals surface area (Å²) in [4.78, 5) is 46.0. The van der Waals surface area contributed by atoms with E-state index in [1.165, 1.54) is 0 Å². The molecule has 3 aromatic carbocycles. The number of nitro benzene ring substituents is 2. The first-order valence-electron chi connectivity index (χ1n) is 9.38. The van der Waals surface area contributed by atoms with E-state index in [2.05, 4.69) is 10.6 Å². The minimum absolute atomic E-state index is 0.242. The number of amides is 2. The third-order valence-corrected chi connectivity index (χ3v) is 4.65. The molecule has 2 N–H and O–H groups in total. The van der Waals surface area contributed by atoms with Crippen molar-refractivity contribution < 1.29 is 19.4 Å². The summed E-state index contributed by atoms with van der Waals surface area (Å²) >= 11 is 0. The van der Waals surface area contributed by atoms with Crippen molar-refractivity contribution in [3.05, 3.63) is 103 Å². The first kappa shape index (κ1) is 22.1. The highest BCUT2D eigenvalue weighted by atomic mass is 16.6. The normalized spacial score (nSPS) is 10.3. The number of nitrogens with one attached hydrogen (secondary N) is 2. The number of carbonyl (C=O) groups excluding carboxylic acids is 2. The highest BCUT2D eigenvalue weighted by molar-refractivity contribution is 6.10. The average Bonchev–Trinajstić information content (AvgIpc) is 2.75. The van der Waals surface area contributed by atoms with Crippen molar-refractivity contribution in [1.29, 1.82) is 0 Å². The van der Waals surface area contributed by atoms with Gasteiger partial charge in [0.15, 0.2) is 0 Å². The number of rotatable bonds is 6. The summed E-state index contributed by atoms with van der Waals surface area (Å²) in [6.07, 6.45) is 0. The van der Waals surface area contributed by atoms with Gasteiger partial charge in [-0.15, -0.1) is 0 Å². The molecule has 10 nitrogen and oxygen atoms in total. The topological polar surface area (TPSA) is 144 Å². The summed E-state index contributed by atoms with van der Waals surface area (Å²) in [6, 6.07) is 14.6. The van der Waals surface area contributed by atoms with Crippen LogP contribution in [0.1, 0.15) is 31.8 Å². The third-order valence-electron chi connectivity index (χ3n) is 4.65. The zero-order valence-corrected chi connectivity index (χ0v) is 17.1. The Hall–Kier alpha value is -4.60. The predicted molar refractivity (Wildman–Crippen MR) is 118 cm³/mol. The standard InChI is InChI=1S/C22H18N4O6/c1-13-7-8-19(23-22(28)18-6-4-3-5-14(18)2)20(9-13)24-21(27)15-10-16(25(29)30)12-17(11-15)26(31)32/h3-12H,1-2H3,(H,23,28)(H,24,27). The Kier molecular flexibility index (Phi) is 6.24. The number of nitrogens with zero attached hydrogens (tertiary/aromatic N) is 2.